The van der Waals surface area contributed by atoms with E-state index < -0.39 is 12.0 Å². The quantitative estimate of drug-likeness (QED) is 0.461. The van der Waals surface area contributed by atoms with Gasteiger partial charge >= 0.3 is 5.97 Å². The molecule has 1 atom stereocenters. The lowest BCUT2D eigenvalue weighted by Gasteiger charge is -2.25. The average molecular weight is 503 g/mol. The summed E-state index contributed by atoms with van der Waals surface area (Å²) in [6, 6.07) is 16.2. The van der Waals surface area contributed by atoms with E-state index >= 15 is 0 Å². The van der Waals surface area contributed by atoms with Crippen molar-refractivity contribution < 1.29 is 14.3 Å². The Labute approximate surface area is 212 Å². The number of fused-ring (bicyclic) bond motifs is 1. The lowest BCUT2D eigenvalue weighted by Crippen LogP contribution is -2.39. The zero-order valence-corrected chi connectivity index (χ0v) is 21.3. The van der Waals surface area contributed by atoms with Crippen LogP contribution in [0.4, 0.5) is 5.69 Å². The maximum Gasteiger partial charge on any atom is 0.338 e. The number of carbonyl (C=O) groups excluding carboxylic acids is 1. The van der Waals surface area contributed by atoms with Gasteiger partial charge in [0.1, 0.15) is 11.8 Å². The standard InChI is InChI=1S/C27H26N4O4S/c1-5-34-26(33)23-17(2)29-27-31(24(23)19-9-11-20(12-10-19)30(3)4)25(32)22(36-27)16-18-7-6-8-21(15-18)35-14-13-28/h6-12,15-16,24H,5,14H2,1-4H3/b22-16-/t24-/m1/s1. The third-order valence-corrected chi connectivity index (χ3v) is 6.68. The average Bonchev–Trinajstić information content (AvgIpc) is 3.16. The summed E-state index contributed by atoms with van der Waals surface area (Å²) in [5.74, 6) is 0.0504. The number of nitriles is 1. The van der Waals surface area contributed by atoms with Crippen molar-refractivity contribution in [2.24, 2.45) is 4.99 Å². The predicted octanol–water partition coefficient (Wildman–Crippen LogP) is 2.77. The Hall–Kier alpha value is -4.16. The Morgan fingerprint density at radius 3 is 2.67 bits per heavy atom. The molecule has 0 amide bonds. The molecule has 1 aliphatic rings. The minimum absolute atomic E-state index is 0.0613. The van der Waals surface area contributed by atoms with Crippen LogP contribution in [0.2, 0.25) is 0 Å². The number of ether oxygens (including phenoxy) is 2. The molecule has 2 aromatic carbocycles. The number of nitrogens with zero attached hydrogens (tertiary/aromatic N) is 4. The summed E-state index contributed by atoms with van der Waals surface area (Å²) < 4.78 is 12.8. The Balaban J connectivity index is 1.88. The maximum atomic E-state index is 13.7. The van der Waals surface area contributed by atoms with Crippen LogP contribution in [-0.4, -0.2) is 37.8 Å². The van der Waals surface area contributed by atoms with E-state index in [0.717, 1.165) is 16.8 Å². The molecule has 1 aromatic heterocycles. The van der Waals surface area contributed by atoms with Crippen LogP contribution in [0.15, 0.2) is 69.6 Å². The van der Waals surface area contributed by atoms with Gasteiger partial charge in [-0.05, 0) is 55.3 Å². The largest absolute Gasteiger partial charge is 0.479 e. The van der Waals surface area contributed by atoms with Crippen LogP contribution >= 0.6 is 11.3 Å². The Kier molecular flexibility index (Phi) is 7.36. The number of thiazole rings is 1. The molecular weight excluding hydrogens is 476 g/mol. The first-order valence-corrected chi connectivity index (χ1v) is 12.2. The van der Waals surface area contributed by atoms with Crippen molar-refractivity contribution in [1.29, 1.82) is 5.26 Å². The van der Waals surface area contributed by atoms with Gasteiger partial charge in [0.05, 0.1) is 28.5 Å². The molecule has 1 aliphatic heterocycles. The molecule has 0 aliphatic carbocycles. The summed E-state index contributed by atoms with van der Waals surface area (Å²) >= 11 is 1.26. The van der Waals surface area contributed by atoms with Gasteiger partial charge in [0, 0.05) is 19.8 Å². The number of rotatable bonds is 7. The SMILES string of the molecule is CCOC(=O)C1=C(C)N=c2s/c(=C\c3cccc(OCC#N)c3)c(=O)n2[C@@H]1c1ccc(N(C)C)cc1. The fourth-order valence-electron chi connectivity index (χ4n) is 4.02. The van der Waals surface area contributed by atoms with E-state index in [4.69, 9.17) is 14.7 Å². The van der Waals surface area contributed by atoms with Crippen LogP contribution < -0.4 is 24.5 Å². The first-order valence-electron chi connectivity index (χ1n) is 11.4. The van der Waals surface area contributed by atoms with Gasteiger partial charge in [-0.2, -0.15) is 5.26 Å². The predicted molar refractivity (Wildman–Crippen MR) is 139 cm³/mol. The van der Waals surface area contributed by atoms with Crippen molar-refractivity contribution in [2.75, 3.05) is 32.2 Å². The third kappa shape index (κ3) is 4.95. The van der Waals surface area contributed by atoms with Crippen LogP contribution in [0.5, 0.6) is 5.75 Å². The van der Waals surface area contributed by atoms with E-state index in [9.17, 15) is 9.59 Å². The van der Waals surface area contributed by atoms with Gasteiger partial charge in [0.15, 0.2) is 11.4 Å². The zero-order valence-electron chi connectivity index (χ0n) is 20.5. The van der Waals surface area contributed by atoms with Crippen molar-refractivity contribution >= 4 is 29.1 Å². The van der Waals surface area contributed by atoms with Crippen molar-refractivity contribution in [2.45, 2.75) is 19.9 Å². The van der Waals surface area contributed by atoms with Crippen molar-refractivity contribution in [3.05, 3.63) is 90.6 Å². The highest BCUT2D eigenvalue weighted by Gasteiger charge is 2.33. The third-order valence-electron chi connectivity index (χ3n) is 5.70. The maximum absolute atomic E-state index is 13.7. The van der Waals surface area contributed by atoms with E-state index in [-0.39, 0.29) is 18.8 Å². The molecule has 2 heterocycles. The van der Waals surface area contributed by atoms with Gasteiger partial charge in [0.2, 0.25) is 0 Å². The molecule has 184 valence electrons. The van der Waals surface area contributed by atoms with Crippen LogP contribution in [0.1, 0.15) is 31.0 Å². The molecule has 0 radical (unpaired) electrons. The van der Waals surface area contributed by atoms with E-state index in [1.165, 1.54) is 11.3 Å². The highest BCUT2D eigenvalue weighted by atomic mass is 32.1. The van der Waals surface area contributed by atoms with Crippen LogP contribution in [-0.2, 0) is 9.53 Å². The van der Waals surface area contributed by atoms with E-state index in [1.807, 2.05) is 55.4 Å². The monoisotopic (exact) mass is 502 g/mol. The summed E-state index contributed by atoms with van der Waals surface area (Å²) in [7, 11) is 3.90. The molecule has 36 heavy (non-hydrogen) atoms. The molecule has 0 saturated heterocycles. The summed E-state index contributed by atoms with van der Waals surface area (Å²) in [4.78, 5) is 33.8. The highest BCUT2D eigenvalue weighted by molar-refractivity contribution is 7.07. The van der Waals surface area contributed by atoms with Crippen molar-refractivity contribution in [3.63, 3.8) is 0 Å². The van der Waals surface area contributed by atoms with E-state index in [0.29, 0.717) is 26.4 Å². The molecule has 0 unspecified atom stereocenters. The van der Waals surface area contributed by atoms with Gasteiger partial charge in [-0.25, -0.2) is 9.79 Å². The number of aromatic nitrogens is 1. The normalized spacial score (nSPS) is 15.1. The molecule has 9 heteroatoms. The fourth-order valence-corrected chi connectivity index (χ4v) is 5.07. The van der Waals surface area contributed by atoms with Crippen LogP contribution in [0.3, 0.4) is 0 Å². The molecule has 8 nitrogen and oxygen atoms in total. The van der Waals surface area contributed by atoms with Gasteiger partial charge in [-0.15, -0.1) is 0 Å². The summed E-state index contributed by atoms with van der Waals surface area (Å²) in [6.45, 7) is 3.67. The summed E-state index contributed by atoms with van der Waals surface area (Å²) in [5.41, 5.74) is 3.16. The number of allylic oxidation sites excluding steroid dienone is 1. The van der Waals surface area contributed by atoms with Gasteiger partial charge in [0.25, 0.3) is 5.56 Å². The van der Waals surface area contributed by atoms with E-state index in [1.54, 1.807) is 42.7 Å². The van der Waals surface area contributed by atoms with Crippen LogP contribution in [0.25, 0.3) is 6.08 Å². The van der Waals surface area contributed by atoms with E-state index in [2.05, 4.69) is 4.99 Å². The van der Waals surface area contributed by atoms with Gasteiger partial charge < -0.3 is 14.4 Å². The van der Waals surface area contributed by atoms with Crippen molar-refractivity contribution in [3.8, 4) is 11.8 Å². The first-order chi connectivity index (χ1) is 17.3. The summed E-state index contributed by atoms with van der Waals surface area (Å²) in [5, 5.41) is 8.76. The molecule has 0 spiro atoms. The first kappa shape index (κ1) is 24.9. The second-order valence-corrected chi connectivity index (χ2v) is 9.32. The number of hydrogen-bond acceptors (Lipinski definition) is 8. The molecule has 3 aromatic rings. The molecule has 0 bridgehead atoms. The number of carbonyl (C=O) groups is 1. The fraction of sp³-hybridized carbons (Fsp3) is 0.259. The number of esters is 1. The van der Waals surface area contributed by atoms with Gasteiger partial charge in [-0.1, -0.05) is 35.6 Å². The Bertz CT molecular complexity index is 1540. The smallest absolute Gasteiger partial charge is 0.338 e. The topological polar surface area (TPSA) is 96.9 Å². The molecule has 0 fully saturated rings. The van der Waals surface area contributed by atoms with Gasteiger partial charge in [-0.3, -0.25) is 9.36 Å². The molecule has 0 N–H and O–H groups in total. The number of anilines is 1. The lowest BCUT2D eigenvalue weighted by atomic mass is 9.95. The second-order valence-electron chi connectivity index (χ2n) is 8.31. The lowest BCUT2D eigenvalue weighted by molar-refractivity contribution is -0.139. The Morgan fingerprint density at radius 1 is 1.25 bits per heavy atom. The summed E-state index contributed by atoms with van der Waals surface area (Å²) in [6.07, 6.45) is 1.76. The zero-order chi connectivity index (χ0) is 25.8. The number of hydrogen-bond donors (Lipinski definition) is 0. The number of benzene rings is 2. The molecule has 4 rings (SSSR count). The Morgan fingerprint density at radius 2 is 2.00 bits per heavy atom. The minimum atomic E-state index is -0.663. The second kappa shape index (κ2) is 10.6. The minimum Gasteiger partial charge on any atom is -0.479 e. The molecular formula is C27H26N4O4S. The van der Waals surface area contributed by atoms with Crippen molar-refractivity contribution in [1.82, 2.24) is 4.57 Å². The highest BCUT2D eigenvalue weighted by Crippen LogP contribution is 2.31. The molecule has 0 saturated carbocycles. The van der Waals surface area contributed by atoms with Crippen LogP contribution in [0, 0.1) is 11.3 Å².